The summed E-state index contributed by atoms with van der Waals surface area (Å²) in [4.78, 5) is 48.7. The third kappa shape index (κ3) is 6.09. The van der Waals surface area contributed by atoms with Gasteiger partial charge in [-0.3, -0.25) is 24.3 Å². The summed E-state index contributed by atoms with van der Waals surface area (Å²) in [6.07, 6.45) is 9.52. The van der Waals surface area contributed by atoms with Gasteiger partial charge in [-0.25, -0.2) is 4.98 Å². The summed E-state index contributed by atoms with van der Waals surface area (Å²) in [5.74, 6) is -0.886. The molecule has 8 heteroatoms. The fourth-order valence-electron chi connectivity index (χ4n) is 4.41. The van der Waals surface area contributed by atoms with Crippen LogP contribution in [-0.2, 0) is 9.59 Å². The molecule has 180 valence electrons. The average Bonchev–Trinajstić information content (AvgIpc) is 2.88. The molecular weight excluding hydrogens is 442 g/mol. The van der Waals surface area contributed by atoms with E-state index in [2.05, 4.69) is 20.6 Å². The number of nitrogens with zero attached hydrogens (tertiary/aromatic N) is 3. The Kier molecular flexibility index (Phi) is 7.82. The van der Waals surface area contributed by atoms with Crippen molar-refractivity contribution in [2.24, 2.45) is 0 Å². The largest absolute Gasteiger partial charge is 0.351 e. The summed E-state index contributed by atoms with van der Waals surface area (Å²) in [7, 11) is 0. The number of carbonyl (C=O) groups excluding carboxylic acids is 3. The maximum Gasteiger partial charge on any atom is 0.279 e. The SMILES string of the molecule is CC(=O)Nc1ccc(N(C(=O)c2cnccn2)[C@H](C(=O)NC2CCCCC2)c2ccccc2)cc1. The van der Waals surface area contributed by atoms with Crippen LogP contribution in [0.5, 0.6) is 0 Å². The molecule has 2 aromatic carbocycles. The minimum Gasteiger partial charge on any atom is -0.351 e. The molecule has 1 aromatic heterocycles. The molecule has 1 aliphatic carbocycles. The number of nitrogens with one attached hydrogen (secondary N) is 2. The van der Waals surface area contributed by atoms with Crippen molar-refractivity contribution in [3.05, 3.63) is 84.4 Å². The van der Waals surface area contributed by atoms with Crippen LogP contribution in [0.2, 0.25) is 0 Å². The lowest BCUT2D eigenvalue weighted by Crippen LogP contribution is -2.47. The van der Waals surface area contributed by atoms with Crippen LogP contribution in [0, 0.1) is 0 Å². The quantitative estimate of drug-likeness (QED) is 0.535. The van der Waals surface area contributed by atoms with Gasteiger partial charge in [0.15, 0.2) is 0 Å². The molecule has 1 fully saturated rings. The molecule has 0 radical (unpaired) electrons. The summed E-state index contributed by atoms with van der Waals surface area (Å²) in [5.41, 5.74) is 1.91. The second-order valence-corrected chi connectivity index (χ2v) is 8.65. The molecule has 1 aliphatic rings. The van der Waals surface area contributed by atoms with Gasteiger partial charge in [0.25, 0.3) is 5.91 Å². The highest BCUT2D eigenvalue weighted by Crippen LogP contribution is 2.31. The predicted octanol–water partition coefficient (Wildman–Crippen LogP) is 4.27. The second kappa shape index (κ2) is 11.4. The summed E-state index contributed by atoms with van der Waals surface area (Å²) in [5, 5.41) is 5.91. The van der Waals surface area contributed by atoms with E-state index >= 15 is 0 Å². The van der Waals surface area contributed by atoms with E-state index in [0.29, 0.717) is 16.9 Å². The average molecular weight is 472 g/mol. The fourth-order valence-corrected chi connectivity index (χ4v) is 4.41. The number of hydrogen-bond donors (Lipinski definition) is 2. The highest BCUT2D eigenvalue weighted by molar-refractivity contribution is 6.09. The van der Waals surface area contributed by atoms with Crippen LogP contribution in [-0.4, -0.2) is 33.7 Å². The van der Waals surface area contributed by atoms with Crippen molar-refractivity contribution >= 4 is 29.1 Å². The predicted molar refractivity (Wildman–Crippen MR) is 134 cm³/mol. The zero-order chi connectivity index (χ0) is 24.6. The lowest BCUT2D eigenvalue weighted by atomic mass is 9.94. The first-order chi connectivity index (χ1) is 17.0. The zero-order valence-electron chi connectivity index (χ0n) is 19.7. The number of aromatic nitrogens is 2. The van der Waals surface area contributed by atoms with E-state index in [-0.39, 0.29) is 23.6 Å². The molecule has 1 saturated carbocycles. The summed E-state index contributed by atoms with van der Waals surface area (Å²) in [6, 6.07) is 15.2. The maximum absolute atomic E-state index is 13.8. The van der Waals surface area contributed by atoms with E-state index < -0.39 is 11.9 Å². The molecule has 1 heterocycles. The lowest BCUT2D eigenvalue weighted by molar-refractivity contribution is -0.123. The molecule has 0 spiro atoms. The number of rotatable bonds is 7. The van der Waals surface area contributed by atoms with Crippen LogP contribution in [0.1, 0.15) is 61.1 Å². The van der Waals surface area contributed by atoms with Gasteiger partial charge in [0.05, 0.1) is 6.20 Å². The van der Waals surface area contributed by atoms with Crippen molar-refractivity contribution in [2.75, 3.05) is 10.2 Å². The topological polar surface area (TPSA) is 104 Å². The Morgan fingerprint density at radius 2 is 1.66 bits per heavy atom. The Bertz CT molecular complexity index is 1150. The van der Waals surface area contributed by atoms with E-state index in [1.165, 1.54) is 36.8 Å². The molecule has 3 amide bonds. The Labute approximate surface area is 204 Å². The molecule has 3 aromatic rings. The van der Waals surface area contributed by atoms with Gasteiger partial charge in [0.1, 0.15) is 11.7 Å². The van der Waals surface area contributed by atoms with Gasteiger partial charge >= 0.3 is 0 Å². The van der Waals surface area contributed by atoms with Crippen molar-refractivity contribution in [3.8, 4) is 0 Å². The second-order valence-electron chi connectivity index (χ2n) is 8.65. The number of amides is 3. The Balaban J connectivity index is 1.76. The molecular formula is C27H29N5O3. The third-order valence-corrected chi connectivity index (χ3v) is 6.04. The van der Waals surface area contributed by atoms with E-state index in [1.807, 2.05) is 30.3 Å². The molecule has 4 rings (SSSR count). The lowest BCUT2D eigenvalue weighted by Gasteiger charge is -2.33. The minimum absolute atomic E-state index is 0.0815. The van der Waals surface area contributed by atoms with E-state index in [0.717, 1.165) is 25.7 Å². The molecule has 0 saturated heterocycles. The first-order valence-corrected chi connectivity index (χ1v) is 11.9. The van der Waals surface area contributed by atoms with Gasteiger partial charge in [-0.05, 0) is 42.7 Å². The fraction of sp³-hybridized carbons (Fsp3) is 0.296. The first kappa shape index (κ1) is 24.1. The van der Waals surface area contributed by atoms with Gasteiger partial charge in [0.2, 0.25) is 11.8 Å². The van der Waals surface area contributed by atoms with Crippen molar-refractivity contribution in [1.82, 2.24) is 15.3 Å². The van der Waals surface area contributed by atoms with Gasteiger partial charge in [-0.1, -0.05) is 49.6 Å². The smallest absolute Gasteiger partial charge is 0.279 e. The zero-order valence-corrected chi connectivity index (χ0v) is 19.7. The summed E-state index contributed by atoms with van der Waals surface area (Å²) < 4.78 is 0. The molecule has 2 N–H and O–H groups in total. The molecule has 35 heavy (non-hydrogen) atoms. The molecule has 0 bridgehead atoms. The van der Waals surface area contributed by atoms with Gasteiger partial charge in [-0.15, -0.1) is 0 Å². The maximum atomic E-state index is 13.8. The van der Waals surface area contributed by atoms with Crippen LogP contribution < -0.4 is 15.5 Å². The summed E-state index contributed by atoms with van der Waals surface area (Å²) in [6.45, 7) is 1.43. The van der Waals surface area contributed by atoms with Crippen LogP contribution in [0.4, 0.5) is 11.4 Å². The summed E-state index contributed by atoms with van der Waals surface area (Å²) >= 11 is 0. The van der Waals surface area contributed by atoms with Gasteiger partial charge in [-0.2, -0.15) is 0 Å². The number of carbonyl (C=O) groups is 3. The van der Waals surface area contributed by atoms with E-state index in [1.54, 1.807) is 24.3 Å². The Morgan fingerprint density at radius 3 is 2.29 bits per heavy atom. The minimum atomic E-state index is -0.917. The normalized spacial score (nSPS) is 14.5. The van der Waals surface area contributed by atoms with Crippen LogP contribution in [0.3, 0.4) is 0 Å². The first-order valence-electron chi connectivity index (χ1n) is 11.9. The van der Waals surface area contributed by atoms with Gasteiger partial charge in [0, 0.05) is 36.7 Å². The highest BCUT2D eigenvalue weighted by atomic mass is 16.2. The molecule has 0 unspecified atom stereocenters. The standard InChI is InChI=1S/C27H29N5O3/c1-19(33)30-22-12-14-23(15-13-22)32(27(35)24-18-28-16-17-29-24)25(20-8-4-2-5-9-20)26(34)31-21-10-6-3-7-11-21/h2,4-5,8-9,12-18,21,25H,3,6-7,10-11H2,1H3,(H,30,33)(H,31,34)/t25-/m0/s1. The molecule has 1 atom stereocenters. The molecule has 8 nitrogen and oxygen atoms in total. The van der Waals surface area contributed by atoms with Crippen LogP contribution in [0.15, 0.2) is 73.2 Å². The van der Waals surface area contributed by atoms with Gasteiger partial charge < -0.3 is 10.6 Å². The Morgan fingerprint density at radius 1 is 0.943 bits per heavy atom. The van der Waals surface area contributed by atoms with Crippen LogP contribution in [0.25, 0.3) is 0 Å². The number of anilines is 2. The number of hydrogen-bond acceptors (Lipinski definition) is 5. The molecule has 0 aliphatic heterocycles. The van der Waals surface area contributed by atoms with Crippen molar-refractivity contribution in [3.63, 3.8) is 0 Å². The third-order valence-electron chi connectivity index (χ3n) is 6.04. The Hall–Kier alpha value is -4.07. The van der Waals surface area contributed by atoms with E-state index in [4.69, 9.17) is 0 Å². The van der Waals surface area contributed by atoms with Crippen LogP contribution >= 0.6 is 0 Å². The monoisotopic (exact) mass is 471 g/mol. The van der Waals surface area contributed by atoms with Crippen molar-refractivity contribution in [2.45, 2.75) is 51.1 Å². The van der Waals surface area contributed by atoms with Crippen molar-refractivity contribution in [1.29, 1.82) is 0 Å². The van der Waals surface area contributed by atoms with E-state index in [9.17, 15) is 14.4 Å². The highest BCUT2D eigenvalue weighted by Gasteiger charge is 2.35. The van der Waals surface area contributed by atoms with Crippen molar-refractivity contribution < 1.29 is 14.4 Å². The number of benzene rings is 2.